The molecular formula is C22H32FN3O6. The van der Waals surface area contributed by atoms with Gasteiger partial charge in [0.1, 0.15) is 11.9 Å². The molecular weight excluding hydrogens is 421 g/mol. The van der Waals surface area contributed by atoms with Crippen molar-refractivity contribution in [2.45, 2.75) is 57.4 Å². The van der Waals surface area contributed by atoms with Crippen LogP contribution in [0.5, 0.6) is 0 Å². The summed E-state index contributed by atoms with van der Waals surface area (Å²) in [5.74, 6) is -2.62. The average Bonchev–Trinajstić information content (AvgIpc) is 2.76. The number of aliphatic carboxylic acids is 1. The van der Waals surface area contributed by atoms with Gasteiger partial charge in [0.25, 0.3) is 5.91 Å². The highest BCUT2D eigenvalue weighted by Gasteiger charge is 2.20. The van der Waals surface area contributed by atoms with Crippen molar-refractivity contribution in [1.82, 2.24) is 16.0 Å². The molecule has 178 valence electrons. The summed E-state index contributed by atoms with van der Waals surface area (Å²) in [7, 11) is 0. The van der Waals surface area contributed by atoms with Gasteiger partial charge in [-0.3, -0.25) is 14.4 Å². The number of aliphatic hydroxyl groups excluding tert-OH is 1. The number of aliphatic hydroxyl groups is 1. The van der Waals surface area contributed by atoms with Crippen molar-refractivity contribution in [3.8, 4) is 0 Å². The Balaban J connectivity index is 2.18. The van der Waals surface area contributed by atoms with Crippen molar-refractivity contribution in [2.24, 2.45) is 0 Å². The second kappa shape index (κ2) is 15.7. The average molecular weight is 454 g/mol. The molecule has 0 unspecified atom stereocenters. The summed E-state index contributed by atoms with van der Waals surface area (Å²) in [5, 5.41) is 25.7. The van der Waals surface area contributed by atoms with Crippen LogP contribution in [-0.4, -0.2) is 59.6 Å². The third-order valence-electron chi connectivity index (χ3n) is 4.67. The van der Waals surface area contributed by atoms with Crippen LogP contribution in [0.3, 0.4) is 0 Å². The molecule has 5 N–H and O–H groups in total. The molecule has 1 atom stereocenters. The van der Waals surface area contributed by atoms with E-state index < -0.39 is 23.7 Å². The van der Waals surface area contributed by atoms with Gasteiger partial charge in [-0.2, -0.15) is 0 Å². The molecule has 32 heavy (non-hydrogen) atoms. The molecule has 0 saturated carbocycles. The largest absolute Gasteiger partial charge is 0.480 e. The van der Waals surface area contributed by atoms with Crippen molar-refractivity contribution in [2.75, 3.05) is 19.7 Å². The standard InChI is InChI=1S/C22H32FN3O6/c23-17-9-7-16(8-10-17)21(30)25-14-3-1-2-6-20(29)26-18(22(31)32)11-12-19(28)24-13-4-5-15-27/h7-10,18,27H,1-6,11-15H2,(H,24,28)(H,25,30)(H,26,29)(H,31,32)/t18-/m0/s1. The van der Waals surface area contributed by atoms with Crippen LogP contribution in [0.2, 0.25) is 0 Å². The van der Waals surface area contributed by atoms with E-state index in [0.717, 1.165) is 0 Å². The topological polar surface area (TPSA) is 145 Å². The van der Waals surface area contributed by atoms with Crippen LogP contribution in [0.4, 0.5) is 4.39 Å². The number of carbonyl (C=O) groups excluding carboxylic acids is 3. The van der Waals surface area contributed by atoms with Gasteiger partial charge in [-0.15, -0.1) is 0 Å². The third kappa shape index (κ3) is 12.0. The first-order chi connectivity index (χ1) is 15.3. The zero-order chi connectivity index (χ0) is 23.8. The van der Waals surface area contributed by atoms with Gasteiger partial charge in [-0.05, 0) is 56.4 Å². The van der Waals surface area contributed by atoms with Crippen molar-refractivity contribution in [3.05, 3.63) is 35.6 Å². The molecule has 0 heterocycles. The minimum absolute atomic E-state index is 0.0116. The van der Waals surface area contributed by atoms with Gasteiger partial charge in [-0.1, -0.05) is 6.42 Å². The maximum Gasteiger partial charge on any atom is 0.326 e. The fraction of sp³-hybridized carbons (Fsp3) is 0.545. The number of hydrogen-bond donors (Lipinski definition) is 5. The number of amides is 3. The monoisotopic (exact) mass is 453 g/mol. The number of benzene rings is 1. The molecule has 0 saturated heterocycles. The molecule has 0 aliphatic rings. The highest BCUT2D eigenvalue weighted by atomic mass is 19.1. The Morgan fingerprint density at radius 1 is 0.844 bits per heavy atom. The predicted molar refractivity (Wildman–Crippen MR) is 115 cm³/mol. The Morgan fingerprint density at radius 3 is 2.16 bits per heavy atom. The van der Waals surface area contributed by atoms with E-state index in [1.807, 2.05) is 0 Å². The Labute approximate surface area is 186 Å². The Hall–Kier alpha value is -3.01. The van der Waals surface area contributed by atoms with Gasteiger partial charge >= 0.3 is 5.97 Å². The number of nitrogens with one attached hydrogen (secondary N) is 3. The van der Waals surface area contributed by atoms with Gasteiger partial charge in [0.2, 0.25) is 11.8 Å². The molecule has 1 aromatic carbocycles. The quantitative estimate of drug-likeness (QED) is 0.239. The summed E-state index contributed by atoms with van der Waals surface area (Å²) in [6, 6.07) is 4.08. The number of halogens is 1. The van der Waals surface area contributed by atoms with E-state index in [4.69, 9.17) is 5.11 Å². The van der Waals surface area contributed by atoms with Crippen molar-refractivity contribution in [1.29, 1.82) is 0 Å². The highest BCUT2D eigenvalue weighted by Crippen LogP contribution is 2.05. The number of rotatable bonds is 16. The number of hydrogen-bond acceptors (Lipinski definition) is 5. The van der Waals surface area contributed by atoms with E-state index in [-0.39, 0.29) is 37.7 Å². The smallest absolute Gasteiger partial charge is 0.326 e. The van der Waals surface area contributed by atoms with Crippen LogP contribution >= 0.6 is 0 Å². The van der Waals surface area contributed by atoms with E-state index >= 15 is 0 Å². The Kier molecular flexibility index (Phi) is 13.3. The lowest BCUT2D eigenvalue weighted by Crippen LogP contribution is -2.41. The second-order valence-electron chi connectivity index (χ2n) is 7.35. The van der Waals surface area contributed by atoms with Gasteiger partial charge in [-0.25, -0.2) is 9.18 Å². The summed E-state index contributed by atoms with van der Waals surface area (Å²) >= 11 is 0. The first kappa shape index (κ1) is 27.0. The number of carboxylic acids is 1. The molecule has 3 amide bonds. The van der Waals surface area contributed by atoms with E-state index in [1.165, 1.54) is 24.3 Å². The molecule has 9 nitrogen and oxygen atoms in total. The van der Waals surface area contributed by atoms with E-state index in [0.29, 0.717) is 50.8 Å². The van der Waals surface area contributed by atoms with Crippen LogP contribution in [0.1, 0.15) is 61.7 Å². The summed E-state index contributed by atoms with van der Waals surface area (Å²) in [6.07, 6.45) is 3.14. The molecule has 0 aromatic heterocycles. The first-order valence-corrected chi connectivity index (χ1v) is 10.8. The summed E-state index contributed by atoms with van der Waals surface area (Å²) in [5.41, 5.74) is 0.365. The lowest BCUT2D eigenvalue weighted by molar-refractivity contribution is -0.142. The van der Waals surface area contributed by atoms with Crippen LogP contribution in [0.25, 0.3) is 0 Å². The molecule has 1 aromatic rings. The van der Waals surface area contributed by atoms with Crippen LogP contribution < -0.4 is 16.0 Å². The van der Waals surface area contributed by atoms with Gasteiger partial charge in [0, 0.05) is 38.1 Å². The van der Waals surface area contributed by atoms with Crippen molar-refractivity contribution in [3.63, 3.8) is 0 Å². The van der Waals surface area contributed by atoms with Gasteiger partial charge in [0.15, 0.2) is 0 Å². The van der Waals surface area contributed by atoms with E-state index in [9.17, 15) is 28.7 Å². The lowest BCUT2D eigenvalue weighted by Gasteiger charge is -2.14. The predicted octanol–water partition coefficient (Wildman–Crippen LogP) is 1.35. The van der Waals surface area contributed by atoms with Crippen LogP contribution in [0, 0.1) is 5.82 Å². The Bertz CT molecular complexity index is 742. The SMILES string of the molecule is O=C(CC[C@H](NC(=O)CCCCCNC(=O)c1ccc(F)cc1)C(=O)O)NCCCCO. The van der Waals surface area contributed by atoms with E-state index in [2.05, 4.69) is 16.0 Å². The second-order valence-corrected chi connectivity index (χ2v) is 7.35. The maximum atomic E-state index is 12.9. The van der Waals surface area contributed by atoms with Gasteiger partial charge in [0.05, 0.1) is 0 Å². The highest BCUT2D eigenvalue weighted by molar-refractivity contribution is 5.94. The minimum atomic E-state index is -1.20. The molecule has 0 spiro atoms. The minimum Gasteiger partial charge on any atom is -0.480 e. The zero-order valence-electron chi connectivity index (χ0n) is 18.1. The first-order valence-electron chi connectivity index (χ1n) is 10.8. The van der Waals surface area contributed by atoms with Crippen molar-refractivity contribution >= 4 is 23.7 Å². The van der Waals surface area contributed by atoms with Crippen molar-refractivity contribution < 1.29 is 33.8 Å². The number of carboxylic acid groups (broad SMARTS) is 1. The number of unbranched alkanes of at least 4 members (excludes halogenated alkanes) is 3. The van der Waals surface area contributed by atoms with E-state index in [1.54, 1.807) is 0 Å². The lowest BCUT2D eigenvalue weighted by atomic mass is 10.1. The summed E-state index contributed by atoms with van der Waals surface area (Å²) in [6.45, 7) is 0.866. The molecule has 1 rings (SSSR count). The summed E-state index contributed by atoms with van der Waals surface area (Å²) in [4.78, 5) is 46.9. The Morgan fingerprint density at radius 2 is 1.50 bits per heavy atom. The molecule has 0 radical (unpaired) electrons. The molecule has 0 aliphatic carbocycles. The molecule has 10 heteroatoms. The number of carbonyl (C=O) groups is 4. The zero-order valence-corrected chi connectivity index (χ0v) is 18.1. The summed E-state index contributed by atoms with van der Waals surface area (Å²) < 4.78 is 12.9. The van der Waals surface area contributed by atoms with Crippen LogP contribution in [0.15, 0.2) is 24.3 Å². The molecule has 0 fully saturated rings. The maximum absolute atomic E-state index is 12.9. The normalized spacial score (nSPS) is 11.4. The molecule has 0 bridgehead atoms. The fourth-order valence-electron chi connectivity index (χ4n) is 2.84. The van der Waals surface area contributed by atoms with Gasteiger partial charge < -0.3 is 26.2 Å². The fourth-order valence-corrected chi connectivity index (χ4v) is 2.84. The van der Waals surface area contributed by atoms with Crippen LogP contribution in [-0.2, 0) is 14.4 Å². The third-order valence-corrected chi connectivity index (χ3v) is 4.67. The molecule has 0 aliphatic heterocycles.